The zero-order valence-corrected chi connectivity index (χ0v) is 11.6. The molecule has 0 N–H and O–H groups in total. The summed E-state index contributed by atoms with van der Waals surface area (Å²) in [6.07, 6.45) is 1.17. The largest absolute Gasteiger partial charge is 0.293 e. The highest BCUT2D eigenvalue weighted by atomic mass is 32.2. The molecule has 0 aliphatic heterocycles. The molecule has 0 saturated heterocycles. The van der Waals surface area contributed by atoms with E-state index in [1.807, 2.05) is 35.0 Å². The predicted octanol–water partition coefficient (Wildman–Crippen LogP) is 3.58. The molecule has 2 aromatic heterocycles. The molecule has 0 aliphatic carbocycles. The summed E-state index contributed by atoms with van der Waals surface area (Å²) in [6.45, 7) is 0. The van der Waals surface area contributed by atoms with Gasteiger partial charge in [-0.2, -0.15) is 0 Å². The van der Waals surface area contributed by atoms with Crippen LogP contribution < -0.4 is 0 Å². The maximum Gasteiger partial charge on any atom is 0.172 e. The lowest BCUT2D eigenvalue weighted by molar-refractivity contribution is 0.0986. The maximum absolute atomic E-state index is 11.8. The smallest absolute Gasteiger partial charge is 0.172 e. The van der Waals surface area contributed by atoms with E-state index in [2.05, 4.69) is 0 Å². The van der Waals surface area contributed by atoms with Gasteiger partial charge in [0.05, 0.1) is 19.9 Å². The molecule has 0 spiro atoms. The number of hydrogen-bond acceptors (Lipinski definition) is 4. The zero-order valence-electron chi connectivity index (χ0n) is 9.13. The quantitative estimate of drug-likeness (QED) is 0.760. The van der Waals surface area contributed by atoms with Gasteiger partial charge in [0.1, 0.15) is 0 Å². The average molecular weight is 284 g/mol. The number of carbonyl (C=O) groups is 1. The molecule has 1 unspecified atom stereocenters. The maximum atomic E-state index is 11.8. The fourth-order valence-corrected chi connectivity index (χ4v) is 4.24. The molecule has 2 heterocycles. The Morgan fingerprint density at radius 3 is 2.59 bits per heavy atom. The number of rotatable bonds is 6. The third-order valence-electron chi connectivity index (χ3n) is 2.25. The van der Waals surface area contributed by atoms with Crippen molar-refractivity contribution in [2.45, 2.75) is 17.1 Å². The molecule has 0 aromatic carbocycles. The summed E-state index contributed by atoms with van der Waals surface area (Å²) in [5.74, 6) is 0.723. The summed E-state index contributed by atoms with van der Waals surface area (Å²) in [5.41, 5.74) is 0. The number of thiophene rings is 2. The number of carbonyl (C=O) groups excluding carboxylic acids is 1. The molecule has 1 atom stereocenters. The van der Waals surface area contributed by atoms with Crippen LogP contribution in [0.15, 0.2) is 39.2 Å². The van der Waals surface area contributed by atoms with Crippen LogP contribution in [0, 0.1) is 0 Å². The van der Waals surface area contributed by atoms with Crippen LogP contribution in [0.25, 0.3) is 0 Å². The van der Waals surface area contributed by atoms with E-state index in [-0.39, 0.29) is 5.78 Å². The molecule has 0 amide bonds. The third-order valence-corrected chi connectivity index (χ3v) is 5.91. The van der Waals surface area contributed by atoms with Gasteiger partial charge >= 0.3 is 0 Å². The van der Waals surface area contributed by atoms with Crippen molar-refractivity contribution in [1.29, 1.82) is 0 Å². The minimum absolute atomic E-state index is 0.156. The Hall–Kier alpha value is -0.780. The van der Waals surface area contributed by atoms with Crippen molar-refractivity contribution < 1.29 is 9.00 Å². The van der Waals surface area contributed by atoms with Gasteiger partial charge in [-0.25, -0.2) is 0 Å². The molecule has 2 rings (SSSR count). The minimum atomic E-state index is -0.946. The molecule has 0 aliphatic rings. The van der Waals surface area contributed by atoms with Crippen molar-refractivity contribution in [2.75, 3.05) is 5.75 Å². The molecule has 0 radical (unpaired) electrons. The summed E-state index contributed by atoms with van der Waals surface area (Å²) in [7, 11) is -0.946. The summed E-state index contributed by atoms with van der Waals surface area (Å²) < 4.78 is 12.7. The lowest BCUT2D eigenvalue weighted by atomic mass is 10.2. The first kappa shape index (κ1) is 12.7. The Morgan fingerprint density at radius 1 is 1.18 bits per heavy atom. The van der Waals surface area contributed by atoms with E-state index < -0.39 is 10.8 Å². The highest BCUT2D eigenvalue weighted by Crippen LogP contribution is 2.16. The number of Topliss-reactive ketones (excluding diaryl/α,β-unsaturated/α-hetero) is 1. The first-order chi connectivity index (χ1) is 8.27. The summed E-state index contributed by atoms with van der Waals surface area (Å²) in [6, 6.07) is 7.49. The van der Waals surface area contributed by atoms with Gasteiger partial charge < -0.3 is 0 Å². The van der Waals surface area contributed by atoms with Gasteiger partial charge in [-0.3, -0.25) is 9.00 Å². The molecular weight excluding hydrogens is 272 g/mol. The van der Waals surface area contributed by atoms with E-state index in [1.54, 1.807) is 0 Å². The van der Waals surface area contributed by atoms with Gasteiger partial charge in [0.2, 0.25) is 0 Å². The summed E-state index contributed by atoms with van der Waals surface area (Å²) >= 11 is 2.97. The van der Waals surface area contributed by atoms with Crippen LogP contribution in [-0.2, 0) is 10.8 Å². The minimum Gasteiger partial charge on any atom is -0.293 e. The Labute approximate surface area is 111 Å². The van der Waals surface area contributed by atoms with Crippen molar-refractivity contribution in [1.82, 2.24) is 0 Å². The second kappa shape index (κ2) is 6.23. The highest BCUT2D eigenvalue weighted by Gasteiger charge is 2.09. The first-order valence-electron chi connectivity index (χ1n) is 5.26. The monoisotopic (exact) mass is 284 g/mol. The lowest BCUT2D eigenvalue weighted by Crippen LogP contribution is -2.01. The molecule has 0 fully saturated rings. The van der Waals surface area contributed by atoms with Gasteiger partial charge in [0.25, 0.3) is 0 Å². The van der Waals surface area contributed by atoms with Crippen LogP contribution in [0.1, 0.15) is 22.5 Å². The van der Waals surface area contributed by atoms with Crippen molar-refractivity contribution in [3.8, 4) is 0 Å². The van der Waals surface area contributed by atoms with Crippen molar-refractivity contribution >= 4 is 39.3 Å². The second-order valence-corrected chi connectivity index (χ2v) is 7.18. The fourth-order valence-electron chi connectivity index (χ4n) is 1.42. The summed E-state index contributed by atoms with van der Waals surface area (Å²) in [5, 5.41) is 3.82. The van der Waals surface area contributed by atoms with Crippen LogP contribution in [0.4, 0.5) is 0 Å². The number of ketones is 1. The average Bonchev–Trinajstić information content (AvgIpc) is 3.02. The SMILES string of the molecule is O=C(CCCS(=O)c1cccs1)c1cccs1. The van der Waals surface area contributed by atoms with Gasteiger partial charge in [0, 0.05) is 12.2 Å². The third kappa shape index (κ3) is 3.59. The van der Waals surface area contributed by atoms with Gasteiger partial charge in [-0.1, -0.05) is 12.1 Å². The van der Waals surface area contributed by atoms with E-state index in [4.69, 9.17) is 0 Å². The molecule has 2 aromatic rings. The van der Waals surface area contributed by atoms with Gasteiger partial charge in [0.15, 0.2) is 5.78 Å². The highest BCUT2D eigenvalue weighted by molar-refractivity contribution is 7.87. The van der Waals surface area contributed by atoms with Crippen LogP contribution in [-0.4, -0.2) is 15.7 Å². The Kier molecular flexibility index (Phi) is 4.65. The van der Waals surface area contributed by atoms with E-state index in [1.165, 1.54) is 22.7 Å². The number of hydrogen-bond donors (Lipinski definition) is 0. The zero-order chi connectivity index (χ0) is 12.1. The molecule has 5 heteroatoms. The van der Waals surface area contributed by atoms with E-state index in [9.17, 15) is 9.00 Å². The van der Waals surface area contributed by atoms with Crippen LogP contribution >= 0.6 is 22.7 Å². The lowest BCUT2D eigenvalue weighted by Gasteiger charge is -1.99. The molecule has 0 saturated carbocycles. The topological polar surface area (TPSA) is 34.1 Å². The van der Waals surface area contributed by atoms with Crippen LogP contribution in [0.5, 0.6) is 0 Å². The molecule has 0 bridgehead atoms. The molecule has 17 heavy (non-hydrogen) atoms. The molecule has 2 nitrogen and oxygen atoms in total. The Morgan fingerprint density at radius 2 is 1.94 bits per heavy atom. The second-order valence-electron chi connectivity index (χ2n) is 3.49. The van der Waals surface area contributed by atoms with Gasteiger partial charge in [-0.05, 0) is 29.3 Å². The normalized spacial score (nSPS) is 12.5. The first-order valence-corrected chi connectivity index (χ1v) is 8.34. The fraction of sp³-hybridized carbons (Fsp3) is 0.250. The van der Waals surface area contributed by atoms with Crippen LogP contribution in [0.2, 0.25) is 0 Å². The van der Waals surface area contributed by atoms with Gasteiger partial charge in [-0.15, -0.1) is 22.7 Å². The van der Waals surface area contributed by atoms with Crippen molar-refractivity contribution in [3.63, 3.8) is 0 Å². The Balaban J connectivity index is 1.77. The predicted molar refractivity (Wildman–Crippen MR) is 73.5 cm³/mol. The standard InChI is InChI=1S/C12H12O2S3/c13-10(11-5-1-7-15-11)4-3-9-17(14)12-6-2-8-16-12/h1-2,5-8H,3-4,9H2. The molecule has 90 valence electrons. The van der Waals surface area contributed by atoms with Crippen molar-refractivity contribution in [2.24, 2.45) is 0 Å². The summed E-state index contributed by atoms with van der Waals surface area (Å²) in [4.78, 5) is 12.5. The Bertz CT molecular complexity index is 440. The van der Waals surface area contributed by atoms with E-state index >= 15 is 0 Å². The van der Waals surface area contributed by atoms with E-state index in [0.29, 0.717) is 18.6 Å². The van der Waals surface area contributed by atoms with E-state index in [0.717, 1.165) is 9.09 Å². The van der Waals surface area contributed by atoms with Crippen molar-refractivity contribution in [3.05, 3.63) is 39.9 Å². The molecular formula is C12H12O2S3. The van der Waals surface area contributed by atoms with Crippen LogP contribution in [0.3, 0.4) is 0 Å².